The molecule has 0 saturated carbocycles. The average Bonchev–Trinajstić information content (AvgIpc) is 3.29. The highest BCUT2D eigenvalue weighted by Crippen LogP contribution is 2.34. The number of nitrogens with zero attached hydrogens (tertiary/aromatic N) is 2. The van der Waals surface area contributed by atoms with E-state index in [1.165, 1.54) is 4.90 Å². The van der Waals surface area contributed by atoms with Gasteiger partial charge in [-0.15, -0.1) is 0 Å². The number of carbonyl (C=O) groups is 2. The van der Waals surface area contributed by atoms with E-state index >= 15 is 0 Å². The van der Waals surface area contributed by atoms with Gasteiger partial charge in [0.15, 0.2) is 0 Å². The smallest absolute Gasteiger partial charge is 0.266 e. The summed E-state index contributed by atoms with van der Waals surface area (Å²) in [6.45, 7) is 4.56. The quantitative estimate of drug-likeness (QED) is 0.182. The zero-order chi connectivity index (χ0) is 29.1. The minimum absolute atomic E-state index is 0.147. The first-order valence-electron chi connectivity index (χ1n) is 13.6. The number of amides is 2. The van der Waals surface area contributed by atoms with E-state index in [9.17, 15) is 14.8 Å². The summed E-state index contributed by atoms with van der Waals surface area (Å²) in [6, 6.07) is 23.9. The third kappa shape index (κ3) is 5.91. The number of ether oxygens (including phenoxy) is 1. The van der Waals surface area contributed by atoms with Crippen LogP contribution in [0.2, 0.25) is 5.02 Å². The number of halogens is 1. The van der Waals surface area contributed by atoms with Gasteiger partial charge in [-0.05, 0) is 60.7 Å². The molecule has 0 radical (unpaired) electrons. The Morgan fingerprint density at radius 3 is 2.51 bits per heavy atom. The number of carbonyl (C=O) groups excluding carboxylic acids is 2. The fourth-order valence-corrected chi connectivity index (χ4v) is 5.49. The zero-order valence-electron chi connectivity index (χ0n) is 23.0. The van der Waals surface area contributed by atoms with Crippen LogP contribution in [0.3, 0.4) is 0 Å². The number of nitrogens with two attached hydrogens (primary N) is 1. The molecule has 1 aromatic heterocycles. The largest absolute Gasteiger partial charge is 0.489 e. The van der Waals surface area contributed by atoms with Gasteiger partial charge in [0.05, 0.1) is 11.2 Å². The molecule has 41 heavy (non-hydrogen) atoms. The van der Waals surface area contributed by atoms with Crippen LogP contribution in [0.25, 0.3) is 22.2 Å². The maximum absolute atomic E-state index is 13.5. The highest BCUT2D eigenvalue weighted by molar-refractivity contribution is 6.30. The lowest BCUT2D eigenvalue weighted by molar-refractivity contribution is -0.144. The Kier molecular flexibility index (Phi) is 8.26. The molecule has 2 amide bonds. The first-order chi connectivity index (χ1) is 19.7. The van der Waals surface area contributed by atoms with Gasteiger partial charge in [0, 0.05) is 28.1 Å². The Balaban J connectivity index is 1.34. The van der Waals surface area contributed by atoms with Gasteiger partial charge >= 0.3 is 0 Å². The first kappa shape index (κ1) is 28.5. The van der Waals surface area contributed by atoms with E-state index in [1.54, 1.807) is 29.7 Å². The predicted molar refractivity (Wildman–Crippen MR) is 158 cm³/mol. The predicted octanol–water partition coefficient (Wildman–Crippen LogP) is 5.44. The monoisotopic (exact) mass is 572 g/mol. The molecule has 3 aromatic carbocycles. The number of aromatic nitrogens is 1. The van der Waals surface area contributed by atoms with Gasteiger partial charge in [-0.25, -0.2) is 10.5 Å². The summed E-state index contributed by atoms with van der Waals surface area (Å²) >= 11 is 6.08. The average molecular weight is 573 g/mol. The van der Waals surface area contributed by atoms with Crippen molar-refractivity contribution in [1.29, 1.82) is 0 Å². The summed E-state index contributed by atoms with van der Waals surface area (Å²) < 4.78 is 6.17. The molecule has 9 heteroatoms. The van der Waals surface area contributed by atoms with Crippen LogP contribution in [0.1, 0.15) is 37.8 Å². The van der Waals surface area contributed by atoms with E-state index in [1.807, 2.05) is 68.4 Å². The van der Waals surface area contributed by atoms with Gasteiger partial charge in [-0.1, -0.05) is 67.9 Å². The van der Waals surface area contributed by atoms with Crippen LogP contribution in [0.4, 0.5) is 0 Å². The number of para-hydroxylation sites is 1. The minimum Gasteiger partial charge on any atom is -0.489 e. The molecule has 2 heterocycles. The van der Waals surface area contributed by atoms with Crippen LogP contribution in [0.5, 0.6) is 5.75 Å². The molecule has 2 atom stereocenters. The number of hydroxylamine groups is 1. The second kappa shape index (κ2) is 11.9. The van der Waals surface area contributed by atoms with E-state index in [4.69, 9.17) is 27.1 Å². The molecule has 5 rings (SSSR count). The van der Waals surface area contributed by atoms with E-state index < -0.39 is 17.5 Å². The van der Waals surface area contributed by atoms with Crippen molar-refractivity contribution in [2.75, 3.05) is 6.54 Å². The Hall–Kier alpha value is -3.98. The fourth-order valence-electron chi connectivity index (χ4n) is 5.37. The second-order valence-electron chi connectivity index (χ2n) is 10.8. The van der Waals surface area contributed by atoms with Crippen LogP contribution >= 0.6 is 11.6 Å². The van der Waals surface area contributed by atoms with E-state index in [2.05, 4.69) is 0 Å². The van der Waals surface area contributed by atoms with Gasteiger partial charge in [0.1, 0.15) is 23.9 Å². The summed E-state index contributed by atoms with van der Waals surface area (Å²) in [5, 5.41) is 10.9. The van der Waals surface area contributed by atoms with Crippen LogP contribution in [0.15, 0.2) is 78.9 Å². The molecule has 8 nitrogen and oxygen atoms in total. The Bertz CT molecular complexity index is 1560. The zero-order valence-corrected chi connectivity index (χ0v) is 23.8. The third-order valence-electron chi connectivity index (χ3n) is 7.58. The highest BCUT2D eigenvalue weighted by Gasteiger charge is 2.48. The molecule has 1 aliphatic rings. The van der Waals surface area contributed by atoms with Crippen LogP contribution in [-0.2, 0) is 21.7 Å². The van der Waals surface area contributed by atoms with Crippen molar-refractivity contribution >= 4 is 34.3 Å². The van der Waals surface area contributed by atoms with Gasteiger partial charge in [0.2, 0.25) is 5.91 Å². The molecular weight excluding hydrogens is 540 g/mol. The minimum atomic E-state index is -1.27. The number of hydrogen-bond acceptors (Lipinski definition) is 6. The standard InChI is InChI=1S/C32H33ClN4O4/c1-20(2)17-29(30(38)36-40)37-16-15-32(34,31(37)39)23-9-13-25(14-10-23)41-19-22-18-28(21-7-11-24(33)12-8-21)35-27-6-4-3-5-26(22)27/h3-14,18,20,29,40H,15-17,19,34H2,1-2H3,(H,36,38). The van der Waals surface area contributed by atoms with Gasteiger partial charge in [-0.2, -0.15) is 0 Å². The van der Waals surface area contributed by atoms with E-state index in [0.29, 0.717) is 42.3 Å². The summed E-state index contributed by atoms with van der Waals surface area (Å²) in [5.74, 6) is -0.165. The highest BCUT2D eigenvalue weighted by atomic mass is 35.5. The summed E-state index contributed by atoms with van der Waals surface area (Å²) in [7, 11) is 0. The maximum atomic E-state index is 13.5. The molecule has 4 N–H and O–H groups in total. The van der Waals surface area contributed by atoms with Crippen LogP contribution < -0.4 is 16.0 Å². The van der Waals surface area contributed by atoms with E-state index in [0.717, 1.165) is 27.7 Å². The number of likely N-dealkylation sites (tertiary alicyclic amines) is 1. The van der Waals surface area contributed by atoms with Crippen molar-refractivity contribution in [1.82, 2.24) is 15.4 Å². The normalized spacial score (nSPS) is 17.7. The van der Waals surface area contributed by atoms with Crippen LogP contribution in [-0.4, -0.2) is 39.5 Å². The number of hydrogen-bond donors (Lipinski definition) is 3. The lowest BCUT2D eigenvalue weighted by Gasteiger charge is -2.30. The molecule has 4 aromatic rings. The topological polar surface area (TPSA) is 118 Å². The molecule has 1 aliphatic heterocycles. The molecule has 0 bridgehead atoms. The van der Waals surface area contributed by atoms with Crippen molar-refractivity contribution in [3.63, 3.8) is 0 Å². The Morgan fingerprint density at radius 1 is 1.12 bits per heavy atom. The number of benzene rings is 3. The second-order valence-corrected chi connectivity index (χ2v) is 11.3. The van der Waals surface area contributed by atoms with Crippen LogP contribution in [0, 0.1) is 5.92 Å². The van der Waals surface area contributed by atoms with Gasteiger partial charge in [-0.3, -0.25) is 14.8 Å². The lowest BCUT2D eigenvalue weighted by atomic mass is 9.89. The van der Waals surface area contributed by atoms with Gasteiger partial charge in [0.25, 0.3) is 5.91 Å². The molecule has 0 aliphatic carbocycles. The first-order valence-corrected chi connectivity index (χ1v) is 14.0. The SMILES string of the molecule is CC(C)CC(C(=O)NO)N1CCC(N)(c2ccc(OCc3cc(-c4ccc(Cl)cc4)nc4ccccc34)cc2)C1=O. The molecular formula is C32H33ClN4O4. The summed E-state index contributed by atoms with van der Waals surface area (Å²) in [4.78, 5) is 32.1. The Labute approximate surface area is 244 Å². The molecule has 212 valence electrons. The van der Waals surface area contributed by atoms with Crippen molar-refractivity contribution < 1.29 is 19.5 Å². The number of nitrogens with one attached hydrogen (secondary N) is 1. The molecule has 0 spiro atoms. The number of rotatable bonds is 9. The van der Waals surface area contributed by atoms with Crippen molar-refractivity contribution in [3.8, 4) is 17.0 Å². The van der Waals surface area contributed by atoms with Crippen molar-refractivity contribution in [2.24, 2.45) is 11.7 Å². The maximum Gasteiger partial charge on any atom is 0.266 e. The van der Waals surface area contributed by atoms with Crippen molar-refractivity contribution in [2.45, 2.75) is 44.9 Å². The number of fused-ring (bicyclic) bond motifs is 1. The summed E-state index contributed by atoms with van der Waals surface area (Å²) in [6.07, 6.45) is 0.778. The number of pyridine rings is 1. The summed E-state index contributed by atoms with van der Waals surface area (Å²) in [5.41, 5.74) is 11.4. The van der Waals surface area contributed by atoms with Gasteiger partial charge < -0.3 is 15.4 Å². The third-order valence-corrected chi connectivity index (χ3v) is 7.83. The van der Waals surface area contributed by atoms with Crippen molar-refractivity contribution in [3.05, 3.63) is 95.0 Å². The molecule has 1 saturated heterocycles. The lowest BCUT2D eigenvalue weighted by Crippen LogP contribution is -2.52. The fraction of sp³-hybridized carbons (Fsp3) is 0.281. The van der Waals surface area contributed by atoms with E-state index in [-0.39, 0.29) is 11.8 Å². The Morgan fingerprint density at radius 2 is 1.83 bits per heavy atom. The molecule has 2 unspecified atom stereocenters. The molecule has 1 fully saturated rings.